The van der Waals surface area contributed by atoms with Crippen LogP contribution in [0.3, 0.4) is 0 Å². The molecule has 11 nitrogen and oxygen atoms in total. The maximum Gasteiger partial charge on any atom is 0.343 e. The molecule has 0 spiro atoms. The number of ether oxygens (including phenoxy) is 4. The number of rotatable bonds is 10. The molecule has 0 unspecified atom stereocenters. The molecule has 4 aromatic rings. The highest BCUT2D eigenvalue weighted by Crippen LogP contribution is 2.38. The highest BCUT2D eigenvalue weighted by molar-refractivity contribution is 9.10. The van der Waals surface area contributed by atoms with Crippen molar-refractivity contribution in [1.29, 1.82) is 0 Å². The number of esters is 1. The van der Waals surface area contributed by atoms with Gasteiger partial charge in [0.05, 0.1) is 26.9 Å². The molecule has 0 fully saturated rings. The molecule has 0 aliphatic rings. The van der Waals surface area contributed by atoms with E-state index in [1.807, 2.05) is 0 Å². The van der Waals surface area contributed by atoms with Gasteiger partial charge in [0.2, 0.25) is 5.75 Å². The zero-order valence-electron chi connectivity index (χ0n) is 24.4. The largest absolute Gasteiger partial charge is 0.493 e. The van der Waals surface area contributed by atoms with Crippen molar-refractivity contribution in [3.63, 3.8) is 0 Å². The van der Waals surface area contributed by atoms with E-state index in [-0.39, 0.29) is 16.9 Å². The number of amides is 3. The first kappa shape index (κ1) is 32.3. The second-order valence-corrected chi connectivity index (χ2v) is 10.1. The zero-order chi connectivity index (χ0) is 32.3. The van der Waals surface area contributed by atoms with Crippen molar-refractivity contribution >= 4 is 51.4 Å². The van der Waals surface area contributed by atoms with Crippen LogP contribution >= 0.6 is 15.9 Å². The molecule has 0 aromatic heterocycles. The highest BCUT2D eigenvalue weighted by atomic mass is 79.9. The molecular weight excluding hydrogens is 646 g/mol. The van der Waals surface area contributed by atoms with E-state index in [1.54, 1.807) is 60.7 Å². The third kappa shape index (κ3) is 8.48. The number of anilines is 1. The number of carbonyl (C=O) groups is 4. The number of para-hydroxylation sites is 1. The van der Waals surface area contributed by atoms with Gasteiger partial charge in [0, 0.05) is 32.9 Å². The first-order chi connectivity index (χ1) is 21.7. The molecule has 0 saturated carbocycles. The fourth-order valence-electron chi connectivity index (χ4n) is 3.97. The lowest BCUT2D eigenvalue weighted by Gasteiger charge is -2.14. The van der Waals surface area contributed by atoms with Crippen LogP contribution in [-0.4, -0.2) is 45.0 Å². The molecular formula is C33H28BrN3O8. The van der Waals surface area contributed by atoms with Crippen LogP contribution < -0.4 is 35.1 Å². The summed E-state index contributed by atoms with van der Waals surface area (Å²) in [6.07, 6.45) is 2.64. The standard InChI is InChI=1S/C33H28BrN3O8/c1-42-27-18-23(19-28(43-2)30(27)44-3)31(39)35-25-15-10-21(11-16-25)32(40)37-36-29(38)17-12-20-6-4-5-7-26(20)45-33(41)22-8-13-24(34)14-9-22/h4-19H,1-3H3,(H,35,39)(H,36,38)(H,37,40)/b17-12+. The van der Waals surface area contributed by atoms with Crippen molar-refractivity contribution in [2.75, 3.05) is 26.6 Å². The Morgan fingerprint density at radius 1 is 0.667 bits per heavy atom. The van der Waals surface area contributed by atoms with Crippen molar-refractivity contribution in [1.82, 2.24) is 10.9 Å². The first-order valence-electron chi connectivity index (χ1n) is 13.3. The molecule has 0 aliphatic carbocycles. The van der Waals surface area contributed by atoms with Crippen molar-refractivity contribution in [2.45, 2.75) is 0 Å². The number of hydrazine groups is 1. The van der Waals surface area contributed by atoms with Crippen LogP contribution in [0.15, 0.2) is 95.5 Å². The molecule has 0 bridgehead atoms. The van der Waals surface area contributed by atoms with Gasteiger partial charge in [-0.1, -0.05) is 34.1 Å². The van der Waals surface area contributed by atoms with Gasteiger partial charge in [-0.2, -0.15) is 0 Å². The molecule has 0 saturated heterocycles. The molecule has 230 valence electrons. The van der Waals surface area contributed by atoms with Crippen LogP contribution in [0.4, 0.5) is 5.69 Å². The van der Waals surface area contributed by atoms with Crippen molar-refractivity contribution in [3.05, 3.63) is 118 Å². The second-order valence-electron chi connectivity index (χ2n) is 9.16. The Kier molecular flexibility index (Phi) is 10.9. The lowest BCUT2D eigenvalue weighted by molar-refractivity contribution is -0.117. The smallest absolute Gasteiger partial charge is 0.343 e. The van der Waals surface area contributed by atoms with E-state index in [0.717, 1.165) is 4.47 Å². The fourth-order valence-corrected chi connectivity index (χ4v) is 4.24. The predicted octanol–water partition coefficient (Wildman–Crippen LogP) is 5.42. The van der Waals surface area contributed by atoms with Crippen LogP contribution in [0, 0.1) is 0 Å². The third-order valence-corrected chi connectivity index (χ3v) is 6.78. The molecule has 3 N–H and O–H groups in total. The minimum absolute atomic E-state index is 0.232. The first-order valence-corrected chi connectivity index (χ1v) is 14.1. The van der Waals surface area contributed by atoms with E-state index >= 15 is 0 Å². The third-order valence-electron chi connectivity index (χ3n) is 6.25. The maximum atomic E-state index is 12.8. The van der Waals surface area contributed by atoms with Gasteiger partial charge in [-0.15, -0.1) is 0 Å². The summed E-state index contributed by atoms with van der Waals surface area (Å²) < 4.78 is 22.2. The van der Waals surface area contributed by atoms with E-state index in [9.17, 15) is 19.2 Å². The van der Waals surface area contributed by atoms with Gasteiger partial charge in [0.1, 0.15) is 5.75 Å². The number of nitrogens with one attached hydrogen (secondary N) is 3. The molecule has 0 heterocycles. The summed E-state index contributed by atoms with van der Waals surface area (Å²) in [5, 5.41) is 2.74. The van der Waals surface area contributed by atoms with E-state index in [2.05, 4.69) is 32.1 Å². The van der Waals surface area contributed by atoms with Crippen molar-refractivity contribution < 1.29 is 38.1 Å². The van der Waals surface area contributed by atoms with Crippen LogP contribution in [-0.2, 0) is 4.79 Å². The minimum atomic E-state index is -0.619. The Morgan fingerprint density at radius 2 is 1.29 bits per heavy atom. The summed E-state index contributed by atoms with van der Waals surface area (Å²) >= 11 is 3.32. The molecule has 4 aromatic carbocycles. The number of methoxy groups -OCH3 is 3. The van der Waals surface area contributed by atoms with E-state index in [0.29, 0.717) is 34.1 Å². The molecule has 0 aliphatic heterocycles. The average Bonchev–Trinajstić information content (AvgIpc) is 3.06. The Labute approximate surface area is 267 Å². The van der Waals surface area contributed by atoms with Gasteiger partial charge in [0.25, 0.3) is 17.7 Å². The maximum absolute atomic E-state index is 12.8. The Hall–Kier alpha value is -5.62. The number of benzene rings is 4. The van der Waals surface area contributed by atoms with Gasteiger partial charge >= 0.3 is 5.97 Å². The van der Waals surface area contributed by atoms with Crippen LogP contribution in [0.25, 0.3) is 6.08 Å². The normalized spacial score (nSPS) is 10.5. The lowest BCUT2D eigenvalue weighted by atomic mass is 10.1. The quantitative estimate of drug-likeness (QED) is 0.0877. The number of hydrogen-bond acceptors (Lipinski definition) is 8. The van der Waals surface area contributed by atoms with Gasteiger partial charge in [0.15, 0.2) is 11.5 Å². The summed E-state index contributed by atoms with van der Waals surface area (Å²) in [5.41, 5.74) is 6.40. The SMILES string of the molecule is COc1cc(C(=O)Nc2ccc(C(=O)NNC(=O)/C=C/c3ccccc3OC(=O)c3ccc(Br)cc3)cc2)cc(OC)c1OC. The number of carbonyl (C=O) groups excluding carboxylic acids is 4. The fraction of sp³-hybridized carbons (Fsp3) is 0.0909. The van der Waals surface area contributed by atoms with E-state index in [4.69, 9.17) is 18.9 Å². The second kappa shape index (κ2) is 15.2. The summed E-state index contributed by atoms with van der Waals surface area (Å²) in [6.45, 7) is 0. The van der Waals surface area contributed by atoms with Crippen molar-refractivity contribution in [2.24, 2.45) is 0 Å². The molecule has 12 heteroatoms. The monoisotopic (exact) mass is 673 g/mol. The molecule has 45 heavy (non-hydrogen) atoms. The van der Waals surface area contributed by atoms with Gasteiger partial charge in [-0.25, -0.2) is 4.79 Å². The van der Waals surface area contributed by atoms with Gasteiger partial charge < -0.3 is 24.3 Å². The number of halogens is 1. The highest BCUT2D eigenvalue weighted by Gasteiger charge is 2.17. The zero-order valence-corrected chi connectivity index (χ0v) is 26.0. The Bertz CT molecular complexity index is 1710. The van der Waals surface area contributed by atoms with E-state index < -0.39 is 23.7 Å². The minimum Gasteiger partial charge on any atom is -0.493 e. The molecule has 4 rings (SSSR count). The predicted molar refractivity (Wildman–Crippen MR) is 171 cm³/mol. The summed E-state index contributed by atoms with van der Waals surface area (Å²) in [4.78, 5) is 50.3. The van der Waals surface area contributed by atoms with Crippen LogP contribution in [0.2, 0.25) is 0 Å². The molecule has 3 amide bonds. The topological polar surface area (TPSA) is 141 Å². The van der Waals surface area contributed by atoms with Gasteiger partial charge in [-0.05, 0) is 72.8 Å². The molecule has 0 radical (unpaired) electrons. The summed E-state index contributed by atoms with van der Waals surface area (Å²) in [5.74, 6) is -0.907. The number of hydrogen-bond donors (Lipinski definition) is 3. The van der Waals surface area contributed by atoms with E-state index in [1.165, 1.54) is 57.7 Å². The van der Waals surface area contributed by atoms with Crippen molar-refractivity contribution in [3.8, 4) is 23.0 Å². The van der Waals surface area contributed by atoms with Crippen LogP contribution in [0.1, 0.15) is 36.6 Å². The summed E-state index contributed by atoms with van der Waals surface area (Å²) in [7, 11) is 4.37. The Morgan fingerprint density at radius 3 is 1.91 bits per heavy atom. The average molecular weight is 675 g/mol. The Balaban J connectivity index is 1.32. The summed E-state index contributed by atoms with van der Waals surface area (Å²) in [6, 6.07) is 22.5. The van der Waals surface area contributed by atoms with Crippen LogP contribution in [0.5, 0.6) is 23.0 Å². The lowest BCUT2D eigenvalue weighted by Crippen LogP contribution is -2.40. The van der Waals surface area contributed by atoms with Gasteiger partial charge in [-0.3, -0.25) is 25.2 Å². The molecule has 0 atom stereocenters.